The molecule has 0 saturated carbocycles. The second-order valence-corrected chi connectivity index (χ2v) is 0. The summed E-state index contributed by atoms with van der Waals surface area (Å²) in [4.78, 5) is 3.22. The number of hydrogen-bond acceptors (Lipinski definition) is 0. The molecule has 3 heteroatoms. The monoisotopic (exact) mass is 203 g/mol. The molecule has 0 atom stereocenters. The minimum atomic E-state index is 0. The normalized spacial score (nSPS) is 1.50. The summed E-state index contributed by atoms with van der Waals surface area (Å²) >= 11 is 1.90. The number of halogens is 1. The van der Waals surface area contributed by atoms with Crippen molar-refractivity contribution in [1.82, 2.24) is 0 Å². The van der Waals surface area contributed by atoms with Gasteiger partial charge >= 0.3 is 0 Å². The fraction of sp³-hybridized carbons (Fsp3) is 0. The van der Waals surface area contributed by atoms with Crippen LogP contribution in [0.1, 0.15) is 0 Å². The van der Waals surface area contributed by atoms with Gasteiger partial charge in [0.1, 0.15) is 0 Å². The zero-order chi connectivity index (χ0) is 2.00. The summed E-state index contributed by atoms with van der Waals surface area (Å²) < 4.78 is 0. The van der Waals surface area contributed by atoms with Crippen molar-refractivity contribution in [2.24, 2.45) is 0 Å². The molecule has 0 aromatic heterocycles. The zero-order valence-electron chi connectivity index (χ0n) is 2.11. The Kier molecular flexibility index (Phi) is 120. The van der Waals surface area contributed by atoms with Gasteiger partial charge in [-0.1, -0.05) is 0 Å². The Balaban J connectivity index is -0.00000000500. The first kappa shape index (κ1) is 18.2. The van der Waals surface area contributed by atoms with Gasteiger partial charge in [0.15, 0.2) is 0 Å². The molecule has 4 radical (unpaired) electrons. The summed E-state index contributed by atoms with van der Waals surface area (Å²) in [7, 11) is 0. The Bertz CT molecular complexity index is 8.00. The molecule has 0 amide bonds. The Hall–Kier alpha value is 1.38. The van der Waals surface area contributed by atoms with E-state index in [-0.39, 0.29) is 27.0 Å². The molecule has 0 spiro atoms. The summed E-state index contributed by atoms with van der Waals surface area (Å²) in [6.07, 6.45) is 0. The third-order valence-electron chi connectivity index (χ3n) is 0. The molecule has 0 bridgehead atoms. The molecule has 0 rings (SSSR count). The minimum Gasteiger partial charge on any atom is -0.319 e. The Labute approximate surface area is 54.3 Å². The summed E-state index contributed by atoms with van der Waals surface area (Å²) in [5.74, 6) is 0. The van der Waals surface area contributed by atoms with E-state index < -0.39 is 0 Å². The van der Waals surface area contributed by atoms with E-state index in [1.54, 1.807) is 0 Å². The summed E-state index contributed by atoms with van der Waals surface area (Å²) in [5, 5.41) is 0. The maximum absolute atomic E-state index is 3.22. The first-order valence-corrected chi connectivity index (χ1v) is 1.79. The van der Waals surface area contributed by atoms with Crippen molar-refractivity contribution in [2.45, 2.75) is 0 Å². The largest absolute Gasteiger partial charge is 0.319 e. The van der Waals surface area contributed by atoms with Gasteiger partial charge in [-0.15, -0.1) is 0 Å². The van der Waals surface area contributed by atoms with Gasteiger partial charge < -0.3 is 22.6 Å². The third-order valence-corrected chi connectivity index (χ3v) is 0. The molecule has 0 unspecified atom stereocenters. The molecular weight excluding hydrogens is 201 g/mol. The van der Waals surface area contributed by atoms with Crippen molar-refractivity contribution in [1.29, 1.82) is 0 Å². The van der Waals surface area contributed by atoms with E-state index in [0.29, 0.717) is 0 Å². The van der Waals surface area contributed by atoms with Crippen LogP contribution < -0.4 is 0 Å². The molecule has 0 aliphatic carbocycles. The quantitative estimate of drug-likeness (QED) is 0.310. The standard InChI is InChI=1S/CH2I.B.V/c1-2;;/h1H2;;/q-1;;. The molecule has 0 saturated heterocycles. The van der Waals surface area contributed by atoms with Crippen LogP contribution in [0.15, 0.2) is 0 Å². The predicted octanol–water partition coefficient (Wildman–Crippen LogP) is 0.830. The van der Waals surface area contributed by atoms with Gasteiger partial charge in [0.05, 0.1) is 0 Å². The SMILES string of the molecule is [B].[CH2-]I.[V]. The van der Waals surface area contributed by atoms with Crippen molar-refractivity contribution < 1.29 is 18.6 Å². The first-order valence-electron chi connectivity index (χ1n) is 0.267. The molecule has 4 heavy (non-hydrogen) atoms. The average Bonchev–Trinajstić information content (AvgIpc) is 1.00. The van der Waals surface area contributed by atoms with E-state index in [2.05, 4.69) is 4.93 Å². The molecule has 22 valence electrons. The molecule has 0 N–H and O–H groups in total. The number of hydrogen-bond donors (Lipinski definition) is 0. The van der Waals surface area contributed by atoms with Crippen LogP contribution in [0.4, 0.5) is 0 Å². The van der Waals surface area contributed by atoms with Gasteiger partial charge in [-0.05, 0) is 0 Å². The molecule has 0 nitrogen and oxygen atoms in total. The van der Waals surface area contributed by atoms with Crippen molar-refractivity contribution in [3.8, 4) is 0 Å². The molecular formula is CH2BIV-. The molecule has 0 fully saturated rings. The maximum Gasteiger partial charge on any atom is 0 e. The Morgan fingerprint density at radius 1 is 1.25 bits per heavy atom. The van der Waals surface area contributed by atoms with Crippen molar-refractivity contribution in [3.63, 3.8) is 0 Å². The van der Waals surface area contributed by atoms with Crippen LogP contribution in [0, 0.1) is 4.93 Å². The van der Waals surface area contributed by atoms with Crippen molar-refractivity contribution in [2.75, 3.05) is 0 Å². The van der Waals surface area contributed by atoms with Crippen LogP contribution in [-0.4, -0.2) is 8.41 Å². The van der Waals surface area contributed by atoms with Gasteiger partial charge in [-0.25, -0.2) is 0 Å². The van der Waals surface area contributed by atoms with Gasteiger partial charge in [0.25, 0.3) is 0 Å². The van der Waals surface area contributed by atoms with E-state index in [0.717, 1.165) is 0 Å². The molecule has 0 aliphatic rings. The molecule has 0 heterocycles. The van der Waals surface area contributed by atoms with E-state index in [4.69, 9.17) is 0 Å². The maximum atomic E-state index is 3.22. The zero-order valence-corrected chi connectivity index (χ0v) is 5.66. The summed E-state index contributed by atoms with van der Waals surface area (Å²) in [6, 6.07) is 0. The van der Waals surface area contributed by atoms with E-state index in [1.165, 1.54) is 0 Å². The van der Waals surface area contributed by atoms with Crippen LogP contribution in [-0.2, 0) is 18.6 Å². The van der Waals surface area contributed by atoms with Crippen LogP contribution >= 0.6 is 22.6 Å². The Morgan fingerprint density at radius 2 is 1.25 bits per heavy atom. The smallest absolute Gasteiger partial charge is 0 e. The topological polar surface area (TPSA) is 0 Å². The van der Waals surface area contributed by atoms with Crippen molar-refractivity contribution >= 4 is 31.0 Å². The van der Waals surface area contributed by atoms with Crippen LogP contribution in [0.3, 0.4) is 0 Å². The average molecular weight is 203 g/mol. The second kappa shape index (κ2) is 26.3. The van der Waals surface area contributed by atoms with Gasteiger partial charge in [-0.3, -0.25) is 4.93 Å². The molecule has 0 aromatic carbocycles. The van der Waals surface area contributed by atoms with E-state index in [1.807, 2.05) is 22.6 Å². The van der Waals surface area contributed by atoms with Crippen LogP contribution in [0.25, 0.3) is 0 Å². The van der Waals surface area contributed by atoms with E-state index >= 15 is 0 Å². The summed E-state index contributed by atoms with van der Waals surface area (Å²) in [6.45, 7) is 0. The Morgan fingerprint density at radius 3 is 1.25 bits per heavy atom. The second-order valence-electron chi connectivity index (χ2n) is 0. The third kappa shape index (κ3) is 10.1. The van der Waals surface area contributed by atoms with E-state index in [9.17, 15) is 0 Å². The fourth-order valence-electron chi connectivity index (χ4n) is 0. The van der Waals surface area contributed by atoms with Gasteiger partial charge in [0.2, 0.25) is 0 Å². The van der Waals surface area contributed by atoms with Crippen LogP contribution in [0.5, 0.6) is 0 Å². The predicted molar refractivity (Wildman–Crippen MR) is 25.1 cm³/mol. The fourth-order valence-corrected chi connectivity index (χ4v) is 0. The molecule has 0 aliphatic heterocycles. The number of rotatable bonds is 0. The van der Waals surface area contributed by atoms with Crippen molar-refractivity contribution in [3.05, 3.63) is 4.93 Å². The summed E-state index contributed by atoms with van der Waals surface area (Å²) in [5.41, 5.74) is 0. The van der Waals surface area contributed by atoms with Gasteiger partial charge in [-0.2, -0.15) is 0 Å². The van der Waals surface area contributed by atoms with Crippen LogP contribution in [0.2, 0.25) is 0 Å². The van der Waals surface area contributed by atoms with Gasteiger partial charge in [0, 0.05) is 27.0 Å². The molecule has 0 aromatic rings. The first-order chi connectivity index (χ1) is 1.00. The minimum absolute atomic E-state index is 0.